The summed E-state index contributed by atoms with van der Waals surface area (Å²) < 4.78 is 1.96. The Labute approximate surface area is 237 Å². The lowest BCUT2D eigenvalue weighted by molar-refractivity contribution is 0.709. The number of rotatable bonds is 1. The van der Waals surface area contributed by atoms with Gasteiger partial charge in [0.1, 0.15) is 0 Å². The molecule has 0 aliphatic carbocycles. The maximum Gasteiger partial charge on any atom is 0.263 e. The molecule has 0 radical (unpaired) electrons. The summed E-state index contributed by atoms with van der Waals surface area (Å²) in [5.74, 6) is 0. The lowest BCUT2D eigenvalue weighted by atomic mass is 9.60. The molecule has 1 aromatic heterocycles. The third kappa shape index (κ3) is 2.70. The second-order valence-corrected chi connectivity index (χ2v) is 10.9. The lowest BCUT2D eigenvalue weighted by Gasteiger charge is -2.49. The molecule has 2 aliphatic rings. The van der Waals surface area contributed by atoms with Crippen LogP contribution in [0.25, 0.3) is 27.4 Å². The molecular weight excluding hydrogens is 500 g/mol. The fourth-order valence-electron chi connectivity index (χ4n) is 7.47. The summed E-state index contributed by atoms with van der Waals surface area (Å²) in [6.07, 6.45) is 0. The quantitative estimate of drug-likeness (QED) is 0.201. The van der Waals surface area contributed by atoms with Crippen LogP contribution >= 0.6 is 0 Å². The maximum absolute atomic E-state index is 14.3. The zero-order chi connectivity index (χ0) is 27.1. The third-order valence-electron chi connectivity index (χ3n) is 8.98. The van der Waals surface area contributed by atoms with Gasteiger partial charge in [0.05, 0.1) is 28.0 Å². The summed E-state index contributed by atoms with van der Waals surface area (Å²) in [6.45, 7) is 0. The molecule has 0 unspecified atom stereocenters. The van der Waals surface area contributed by atoms with Gasteiger partial charge in [-0.25, -0.2) is 0 Å². The molecule has 0 saturated carbocycles. The van der Waals surface area contributed by atoms with E-state index in [2.05, 4.69) is 126 Å². The molecule has 0 bridgehead atoms. The minimum atomic E-state index is -0.622. The first-order valence-electron chi connectivity index (χ1n) is 14.0. The van der Waals surface area contributed by atoms with Crippen molar-refractivity contribution in [3.8, 4) is 5.69 Å². The maximum atomic E-state index is 14.3. The van der Waals surface area contributed by atoms with Crippen LogP contribution in [-0.2, 0) is 5.41 Å². The average Bonchev–Trinajstić information content (AvgIpc) is 3.04. The molecule has 3 nitrogen and oxygen atoms in total. The Kier molecular flexibility index (Phi) is 4.41. The highest BCUT2D eigenvalue weighted by atomic mass is 16.1. The summed E-state index contributed by atoms with van der Waals surface area (Å²) in [7, 11) is 0. The van der Waals surface area contributed by atoms with Gasteiger partial charge in [-0.2, -0.15) is 0 Å². The smallest absolute Gasteiger partial charge is 0.263 e. The number of hydrogen-bond donors (Lipinski definition) is 0. The number of nitrogens with zero attached hydrogens (tertiary/aromatic N) is 2. The minimum Gasteiger partial charge on any atom is -0.310 e. The molecular formula is C38H24N2O. The van der Waals surface area contributed by atoms with Crippen molar-refractivity contribution in [2.75, 3.05) is 4.90 Å². The first-order valence-corrected chi connectivity index (χ1v) is 14.0. The highest BCUT2D eigenvalue weighted by Crippen LogP contribution is 2.60. The monoisotopic (exact) mass is 524 g/mol. The second kappa shape index (κ2) is 8.06. The molecule has 2 aliphatic heterocycles. The Hall–Kier alpha value is -5.41. The molecule has 7 aromatic rings. The largest absolute Gasteiger partial charge is 0.310 e. The molecule has 3 heterocycles. The number of fused-ring (bicyclic) bond motifs is 10. The summed E-state index contributed by atoms with van der Waals surface area (Å²) in [6, 6.07) is 51.1. The fourth-order valence-corrected chi connectivity index (χ4v) is 7.47. The van der Waals surface area contributed by atoms with E-state index in [9.17, 15) is 4.79 Å². The van der Waals surface area contributed by atoms with Gasteiger partial charge in [-0.05, 0) is 64.0 Å². The van der Waals surface area contributed by atoms with Gasteiger partial charge in [-0.1, -0.05) is 109 Å². The molecule has 9 rings (SSSR count). The highest BCUT2D eigenvalue weighted by Gasteiger charge is 2.50. The van der Waals surface area contributed by atoms with E-state index in [0.717, 1.165) is 55.6 Å². The summed E-state index contributed by atoms with van der Waals surface area (Å²) >= 11 is 0. The Morgan fingerprint density at radius 2 is 0.902 bits per heavy atom. The fraction of sp³-hybridized carbons (Fsp3) is 0.0263. The summed E-state index contributed by atoms with van der Waals surface area (Å²) in [5, 5.41) is 2.82. The topological polar surface area (TPSA) is 25.2 Å². The Balaban J connectivity index is 1.54. The lowest BCUT2D eigenvalue weighted by Crippen LogP contribution is -2.42. The standard InChI is InChI=1S/C38H24N2O/c41-37-28-16-5-4-15-26(28)27-17-12-21-32-36(27)40(37)35-24-11-8-20-31(35)38(32)29-18-6-9-22-33(29)39(25-13-2-1-3-14-25)34-23-10-7-19-30(34)38/h1-24H. The van der Waals surface area contributed by atoms with Crippen LogP contribution < -0.4 is 10.5 Å². The van der Waals surface area contributed by atoms with Crippen molar-refractivity contribution in [3.63, 3.8) is 0 Å². The zero-order valence-corrected chi connectivity index (χ0v) is 22.2. The number of hydrogen-bond acceptors (Lipinski definition) is 2. The normalized spacial score (nSPS) is 14.1. The van der Waals surface area contributed by atoms with Gasteiger partial charge in [-0.3, -0.25) is 9.36 Å². The van der Waals surface area contributed by atoms with Crippen molar-refractivity contribution >= 4 is 38.7 Å². The van der Waals surface area contributed by atoms with Crippen LogP contribution in [0.3, 0.4) is 0 Å². The van der Waals surface area contributed by atoms with E-state index < -0.39 is 5.41 Å². The molecule has 0 N–H and O–H groups in total. The molecule has 0 fully saturated rings. The van der Waals surface area contributed by atoms with Crippen molar-refractivity contribution in [2.24, 2.45) is 0 Å². The number of para-hydroxylation sites is 5. The highest BCUT2D eigenvalue weighted by molar-refractivity contribution is 6.09. The molecule has 41 heavy (non-hydrogen) atoms. The number of benzene rings is 6. The number of pyridine rings is 1. The van der Waals surface area contributed by atoms with E-state index >= 15 is 0 Å². The van der Waals surface area contributed by atoms with E-state index in [-0.39, 0.29) is 5.56 Å². The van der Waals surface area contributed by atoms with Gasteiger partial charge in [0.25, 0.3) is 5.56 Å². The van der Waals surface area contributed by atoms with Crippen molar-refractivity contribution in [1.29, 1.82) is 0 Å². The van der Waals surface area contributed by atoms with Crippen LogP contribution in [0, 0.1) is 0 Å². The van der Waals surface area contributed by atoms with Gasteiger partial charge in [0.2, 0.25) is 0 Å². The Morgan fingerprint density at radius 3 is 1.59 bits per heavy atom. The predicted molar refractivity (Wildman–Crippen MR) is 167 cm³/mol. The van der Waals surface area contributed by atoms with Crippen LogP contribution in [0.1, 0.15) is 22.3 Å². The van der Waals surface area contributed by atoms with Crippen molar-refractivity contribution < 1.29 is 0 Å². The first-order chi connectivity index (χ1) is 20.3. The van der Waals surface area contributed by atoms with E-state index in [0.29, 0.717) is 0 Å². The Bertz CT molecular complexity index is 2200. The second-order valence-electron chi connectivity index (χ2n) is 10.9. The van der Waals surface area contributed by atoms with Crippen LogP contribution in [0.2, 0.25) is 0 Å². The predicted octanol–water partition coefficient (Wildman–Crippen LogP) is 8.62. The molecule has 6 aromatic carbocycles. The molecule has 192 valence electrons. The summed E-state index contributed by atoms with van der Waals surface area (Å²) in [4.78, 5) is 16.7. The van der Waals surface area contributed by atoms with Gasteiger partial charge in [-0.15, -0.1) is 0 Å². The van der Waals surface area contributed by atoms with E-state index in [1.165, 1.54) is 11.1 Å². The minimum absolute atomic E-state index is 0.0196. The van der Waals surface area contributed by atoms with Crippen molar-refractivity contribution in [2.45, 2.75) is 5.41 Å². The Morgan fingerprint density at radius 1 is 0.415 bits per heavy atom. The average molecular weight is 525 g/mol. The molecule has 0 atom stereocenters. The molecule has 1 spiro atoms. The van der Waals surface area contributed by atoms with Crippen molar-refractivity contribution in [1.82, 2.24) is 4.57 Å². The van der Waals surface area contributed by atoms with Crippen molar-refractivity contribution in [3.05, 3.63) is 178 Å². The van der Waals surface area contributed by atoms with Gasteiger partial charge in [0, 0.05) is 16.5 Å². The summed E-state index contributed by atoms with van der Waals surface area (Å²) in [5.41, 5.74) is 9.36. The van der Waals surface area contributed by atoms with Gasteiger partial charge < -0.3 is 4.90 Å². The van der Waals surface area contributed by atoms with E-state index in [1.54, 1.807) is 0 Å². The van der Waals surface area contributed by atoms with Gasteiger partial charge in [0.15, 0.2) is 0 Å². The zero-order valence-electron chi connectivity index (χ0n) is 22.2. The van der Waals surface area contributed by atoms with E-state index in [4.69, 9.17) is 0 Å². The van der Waals surface area contributed by atoms with Gasteiger partial charge >= 0.3 is 0 Å². The number of aromatic nitrogens is 1. The van der Waals surface area contributed by atoms with Crippen LogP contribution in [0.15, 0.2) is 150 Å². The van der Waals surface area contributed by atoms with Crippen LogP contribution in [0.5, 0.6) is 0 Å². The molecule has 0 amide bonds. The molecule has 3 heteroatoms. The van der Waals surface area contributed by atoms with Crippen LogP contribution in [0.4, 0.5) is 17.1 Å². The first kappa shape index (κ1) is 22.4. The van der Waals surface area contributed by atoms with E-state index in [1.807, 2.05) is 28.8 Å². The number of anilines is 3. The molecule has 0 saturated heterocycles. The SMILES string of the molecule is O=c1c2ccccc2c2cccc3c2n1-c1ccccc1C31c2ccccc2N(c2ccccc2)c2ccccc21. The third-order valence-corrected chi connectivity index (χ3v) is 8.98. The van der Waals surface area contributed by atoms with Crippen LogP contribution in [-0.4, -0.2) is 4.57 Å².